The van der Waals surface area contributed by atoms with Gasteiger partial charge in [-0.15, -0.1) is 0 Å². The number of hydrogen-bond acceptors (Lipinski definition) is 4. The lowest BCUT2D eigenvalue weighted by Crippen LogP contribution is -2.36. The summed E-state index contributed by atoms with van der Waals surface area (Å²) >= 11 is 0. The highest BCUT2D eigenvalue weighted by molar-refractivity contribution is 5.94. The largest absolute Gasteiger partial charge is 0.449 e. The molecule has 0 fully saturated rings. The smallest absolute Gasteiger partial charge is 0.387 e. The molecule has 1 unspecified atom stereocenters. The number of hydrogen-bond donors (Lipinski definition) is 1. The Balaban J connectivity index is 1.84. The van der Waals surface area contributed by atoms with Crippen LogP contribution in [0.3, 0.4) is 0 Å². The van der Waals surface area contributed by atoms with Crippen molar-refractivity contribution in [2.75, 3.05) is 6.54 Å². The molecule has 0 saturated carbocycles. The molecule has 0 heterocycles. The van der Waals surface area contributed by atoms with Crippen molar-refractivity contribution in [2.45, 2.75) is 51.7 Å². The molecule has 2 rings (SSSR count). The second kappa shape index (κ2) is 9.89. The van der Waals surface area contributed by atoms with Crippen LogP contribution in [0.5, 0.6) is 5.75 Å². The molecule has 5 nitrogen and oxygen atoms in total. The fraction of sp³-hybridized carbons (Fsp3) is 0.474. The summed E-state index contributed by atoms with van der Waals surface area (Å²) in [6.45, 7) is -1.15. The average molecular weight is 367 g/mol. The summed E-state index contributed by atoms with van der Waals surface area (Å²) in [6.07, 6.45) is 6.46. The van der Waals surface area contributed by atoms with E-state index in [1.807, 2.05) is 0 Å². The van der Waals surface area contributed by atoms with Crippen molar-refractivity contribution in [3.63, 3.8) is 0 Å². The summed E-state index contributed by atoms with van der Waals surface area (Å²) in [5.41, 5.74) is 1.18. The van der Waals surface area contributed by atoms with Crippen LogP contribution >= 0.6 is 0 Å². The van der Waals surface area contributed by atoms with Crippen molar-refractivity contribution in [3.8, 4) is 5.75 Å². The summed E-state index contributed by atoms with van der Waals surface area (Å²) < 4.78 is 34.2. The molecule has 1 aromatic carbocycles. The first-order chi connectivity index (χ1) is 12.5. The summed E-state index contributed by atoms with van der Waals surface area (Å²) in [5, 5.41) is 2.73. The quantitative estimate of drug-likeness (QED) is 0.560. The molecule has 1 N–H and O–H groups in total. The van der Waals surface area contributed by atoms with Gasteiger partial charge in [-0.3, -0.25) is 4.79 Å². The first-order valence-electron chi connectivity index (χ1n) is 8.68. The molecule has 142 valence electrons. The highest BCUT2D eigenvalue weighted by Gasteiger charge is 2.22. The second-order valence-corrected chi connectivity index (χ2v) is 6.07. The molecule has 7 heteroatoms. The molecule has 0 radical (unpaired) electrons. The van der Waals surface area contributed by atoms with E-state index in [1.54, 1.807) is 0 Å². The van der Waals surface area contributed by atoms with E-state index in [0.717, 1.165) is 19.3 Å². The Morgan fingerprint density at radius 1 is 1.23 bits per heavy atom. The molecule has 0 spiro atoms. The topological polar surface area (TPSA) is 64.6 Å². The van der Waals surface area contributed by atoms with Crippen LogP contribution in [0.1, 0.15) is 49.4 Å². The predicted molar refractivity (Wildman–Crippen MR) is 92.1 cm³/mol. The summed E-state index contributed by atoms with van der Waals surface area (Å²) in [7, 11) is 0. The van der Waals surface area contributed by atoms with Gasteiger partial charge in [-0.05, 0) is 51.2 Å². The lowest BCUT2D eigenvalue weighted by molar-refractivity contribution is -0.129. The Bertz CT molecular complexity index is 661. The molecule has 0 aliphatic heterocycles. The number of nitrogens with one attached hydrogen (secondary N) is 1. The minimum atomic E-state index is -3.06. The maximum Gasteiger partial charge on any atom is 0.387 e. The van der Waals surface area contributed by atoms with Crippen LogP contribution in [0.25, 0.3) is 0 Å². The minimum absolute atomic E-state index is 0.153. The molecule has 1 aliphatic carbocycles. The number of halogens is 2. The van der Waals surface area contributed by atoms with Gasteiger partial charge in [-0.25, -0.2) is 4.79 Å². The van der Waals surface area contributed by atoms with E-state index in [4.69, 9.17) is 4.74 Å². The molecule has 1 aromatic rings. The zero-order valence-corrected chi connectivity index (χ0v) is 14.7. The van der Waals surface area contributed by atoms with Gasteiger partial charge in [0.2, 0.25) is 0 Å². The summed E-state index contributed by atoms with van der Waals surface area (Å²) in [4.78, 5) is 24.2. The Labute approximate surface area is 151 Å². The Hall–Kier alpha value is -2.44. The van der Waals surface area contributed by atoms with Crippen molar-refractivity contribution in [3.05, 3.63) is 41.5 Å². The number of para-hydroxylation sites is 1. The number of ether oxygens (including phenoxy) is 2. The van der Waals surface area contributed by atoms with E-state index in [0.29, 0.717) is 6.54 Å². The first-order valence-corrected chi connectivity index (χ1v) is 8.68. The predicted octanol–water partition coefficient (Wildman–Crippen LogP) is 3.84. The standard InChI is InChI=1S/C19H23F2NO4/c1-13(17(23)22-12-11-14-7-3-2-4-8-14)25-18(24)15-9-5-6-10-16(15)26-19(20)21/h5-7,9-10,13,19H,2-4,8,11-12H2,1H3,(H,22,23). The fourth-order valence-electron chi connectivity index (χ4n) is 2.73. The summed E-state index contributed by atoms with van der Waals surface area (Å²) in [5.74, 6) is -1.61. The van der Waals surface area contributed by atoms with E-state index in [2.05, 4.69) is 16.1 Å². The van der Waals surface area contributed by atoms with Gasteiger partial charge >= 0.3 is 12.6 Å². The third-order valence-corrected chi connectivity index (χ3v) is 4.11. The lowest BCUT2D eigenvalue weighted by Gasteiger charge is -2.16. The van der Waals surface area contributed by atoms with Crippen molar-refractivity contribution in [1.82, 2.24) is 5.32 Å². The molecule has 26 heavy (non-hydrogen) atoms. The van der Waals surface area contributed by atoms with Gasteiger partial charge in [0.15, 0.2) is 6.10 Å². The molecule has 0 saturated heterocycles. The van der Waals surface area contributed by atoms with Crippen molar-refractivity contribution >= 4 is 11.9 Å². The SMILES string of the molecule is CC(OC(=O)c1ccccc1OC(F)F)C(=O)NCCC1=CCCCC1. The van der Waals surface area contributed by atoms with Crippen LogP contribution in [-0.2, 0) is 9.53 Å². The number of benzene rings is 1. The fourth-order valence-corrected chi connectivity index (χ4v) is 2.73. The van der Waals surface area contributed by atoms with Gasteiger partial charge in [-0.2, -0.15) is 8.78 Å². The van der Waals surface area contributed by atoms with E-state index in [-0.39, 0.29) is 11.3 Å². The number of rotatable bonds is 8. The Morgan fingerprint density at radius 2 is 2.00 bits per heavy atom. The van der Waals surface area contributed by atoms with Gasteiger partial charge in [0.1, 0.15) is 11.3 Å². The highest BCUT2D eigenvalue weighted by atomic mass is 19.3. The van der Waals surface area contributed by atoms with E-state index in [1.165, 1.54) is 49.6 Å². The molecule has 1 amide bonds. The third-order valence-electron chi connectivity index (χ3n) is 4.11. The van der Waals surface area contributed by atoms with Gasteiger partial charge in [-0.1, -0.05) is 23.8 Å². The van der Waals surface area contributed by atoms with Crippen LogP contribution in [0.4, 0.5) is 8.78 Å². The second-order valence-electron chi connectivity index (χ2n) is 6.07. The van der Waals surface area contributed by atoms with E-state index < -0.39 is 24.6 Å². The highest BCUT2D eigenvalue weighted by Crippen LogP contribution is 2.22. The zero-order valence-electron chi connectivity index (χ0n) is 14.7. The first kappa shape index (κ1) is 19.9. The molecule has 0 aromatic heterocycles. The van der Waals surface area contributed by atoms with Crippen molar-refractivity contribution in [1.29, 1.82) is 0 Å². The van der Waals surface area contributed by atoms with Crippen molar-refractivity contribution in [2.24, 2.45) is 0 Å². The van der Waals surface area contributed by atoms with Crippen LogP contribution in [-0.4, -0.2) is 31.1 Å². The van der Waals surface area contributed by atoms with Gasteiger partial charge < -0.3 is 14.8 Å². The van der Waals surface area contributed by atoms with Crippen LogP contribution in [0.2, 0.25) is 0 Å². The maximum atomic E-state index is 12.4. The molecule has 1 aliphatic rings. The van der Waals surface area contributed by atoms with Gasteiger partial charge in [0.05, 0.1) is 0 Å². The van der Waals surface area contributed by atoms with Gasteiger partial charge in [0.25, 0.3) is 5.91 Å². The molecular formula is C19H23F2NO4. The van der Waals surface area contributed by atoms with Crippen molar-refractivity contribution < 1.29 is 27.8 Å². The van der Waals surface area contributed by atoms with E-state index in [9.17, 15) is 18.4 Å². The monoisotopic (exact) mass is 367 g/mol. The maximum absolute atomic E-state index is 12.4. The number of amides is 1. The van der Waals surface area contributed by atoms with Crippen LogP contribution in [0.15, 0.2) is 35.9 Å². The Kier molecular flexibility index (Phi) is 7.56. The molecule has 1 atom stereocenters. The number of carbonyl (C=O) groups excluding carboxylic acids is 2. The summed E-state index contributed by atoms with van der Waals surface area (Å²) in [6, 6.07) is 5.51. The molecular weight excluding hydrogens is 344 g/mol. The normalized spacial score (nSPS) is 15.2. The number of allylic oxidation sites excluding steroid dienone is 1. The zero-order chi connectivity index (χ0) is 18.9. The molecule has 0 bridgehead atoms. The third kappa shape index (κ3) is 6.13. The minimum Gasteiger partial charge on any atom is -0.449 e. The van der Waals surface area contributed by atoms with Crippen LogP contribution < -0.4 is 10.1 Å². The average Bonchev–Trinajstić information content (AvgIpc) is 2.62. The number of esters is 1. The van der Waals surface area contributed by atoms with Crippen LogP contribution in [0, 0.1) is 0 Å². The van der Waals surface area contributed by atoms with E-state index >= 15 is 0 Å². The lowest BCUT2D eigenvalue weighted by atomic mass is 9.97. The van der Waals surface area contributed by atoms with Gasteiger partial charge in [0, 0.05) is 6.54 Å². The number of alkyl halides is 2. The number of carbonyl (C=O) groups is 2. The Morgan fingerprint density at radius 3 is 2.69 bits per heavy atom.